The van der Waals surface area contributed by atoms with E-state index in [-0.39, 0.29) is 11.4 Å². The van der Waals surface area contributed by atoms with Gasteiger partial charge in [-0.3, -0.25) is 4.79 Å². The predicted octanol–water partition coefficient (Wildman–Crippen LogP) is 2.75. The maximum Gasteiger partial charge on any atom is 0.243 e. The first-order chi connectivity index (χ1) is 6.86. The third kappa shape index (κ3) is 3.37. The predicted molar refractivity (Wildman–Crippen MR) is 63.5 cm³/mol. The molecule has 1 amide bonds. The van der Waals surface area contributed by atoms with E-state index in [4.69, 9.17) is 0 Å². The largest absolute Gasteiger partial charge is 0.347 e. The first kappa shape index (κ1) is 12.3. The van der Waals surface area contributed by atoms with Crippen LogP contribution < -0.4 is 5.32 Å². The molecule has 15 heavy (non-hydrogen) atoms. The maximum absolute atomic E-state index is 11.3. The molecule has 0 bridgehead atoms. The highest BCUT2D eigenvalue weighted by molar-refractivity contribution is 5.87. The zero-order chi connectivity index (χ0) is 11.6. The van der Waals surface area contributed by atoms with E-state index in [9.17, 15) is 4.79 Å². The van der Waals surface area contributed by atoms with Gasteiger partial charge in [0.2, 0.25) is 5.91 Å². The zero-order valence-corrected chi connectivity index (χ0v) is 10.3. The van der Waals surface area contributed by atoms with Crippen molar-refractivity contribution < 1.29 is 4.79 Å². The van der Waals surface area contributed by atoms with Crippen molar-refractivity contribution >= 4 is 5.91 Å². The third-order valence-electron chi connectivity index (χ3n) is 3.80. The lowest BCUT2D eigenvalue weighted by molar-refractivity contribution is -0.118. The van der Waals surface area contributed by atoms with Crippen LogP contribution in [0.2, 0.25) is 0 Å². The van der Waals surface area contributed by atoms with Crippen molar-refractivity contribution in [1.29, 1.82) is 0 Å². The van der Waals surface area contributed by atoms with Crippen LogP contribution >= 0.6 is 0 Å². The van der Waals surface area contributed by atoms with Crippen molar-refractivity contribution in [1.82, 2.24) is 5.32 Å². The highest BCUT2D eigenvalue weighted by Crippen LogP contribution is 2.44. The lowest BCUT2D eigenvalue weighted by Gasteiger charge is -2.32. The molecule has 0 aromatic carbocycles. The second-order valence-electron chi connectivity index (χ2n) is 5.52. The minimum absolute atomic E-state index is 0.0734. The number of nitrogens with one attached hydrogen (secondary N) is 1. The molecule has 1 rings (SSSR count). The van der Waals surface area contributed by atoms with Crippen LogP contribution in [0.15, 0.2) is 12.7 Å². The van der Waals surface area contributed by atoms with Crippen molar-refractivity contribution in [3.63, 3.8) is 0 Å². The number of rotatable bonds is 5. The van der Waals surface area contributed by atoms with Crippen LogP contribution in [-0.4, -0.2) is 11.4 Å². The molecule has 1 fully saturated rings. The highest BCUT2D eigenvalue weighted by atomic mass is 16.1. The van der Waals surface area contributed by atoms with Crippen molar-refractivity contribution in [3.8, 4) is 0 Å². The summed E-state index contributed by atoms with van der Waals surface area (Å²) in [5.74, 6) is 2.20. The summed E-state index contributed by atoms with van der Waals surface area (Å²) < 4.78 is 0. The summed E-state index contributed by atoms with van der Waals surface area (Å²) in [5, 5.41) is 3.00. The van der Waals surface area contributed by atoms with Crippen LogP contribution in [0, 0.1) is 17.8 Å². The van der Waals surface area contributed by atoms with Gasteiger partial charge in [0.05, 0.1) is 0 Å². The highest BCUT2D eigenvalue weighted by Gasteiger charge is 2.37. The van der Waals surface area contributed by atoms with Crippen molar-refractivity contribution in [2.24, 2.45) is 17.8 Å². The van der Waals surface area contributed by atoms with Gasteiger partial charge in [-0.05, 0) is 50.5 Å². The molecule has 0 heterocycles. The Bertz CT molecular complexity index is 257. The fourth-order valence-corrected chi connectivity index (χ4v) is 1.97. The Morgan fingerprint density at radius 3 is 2.60 bits per heavy atom. The van der Waals surface area contributed by atoms with Gasteiger partial charge in [-0.25, -0.2) is 0 Å². The van der Waals surface area contributed by atoms with Crippen LogP contribution in [-0.2, 0) is 4.79 Å². The average Bonchev–Trinajstić information content (AvgIpc) is 2.80. The van der Waals surface area contributed by atoms with Crippen LogP contribution in [0.1, 0.15) is 40.5 Å². The second-order valence-corrected chi connectivity index (χ2v) is 5.52. The molecule has 3 atom stereocenters. The van der Waals surface area contributed by atoms with Gasteiger partial charge in [-0.1, -0.05) is 20.4 Å². The van der Waals surface area contributed by atoms with Gasteiger partial charge >= 0.3 is 0 Å². The van der Waals surface area contributed by atoms with Crippen molar-refractivity contribution in [3.05, 3.63) is 12.7 Å². The van der Waals surface area contributed by atoms with E-state index in [0.717, 1.165) is 11.8 Å². The molecule has 2 nitrogen and oxygen atoms in total. The van der Waals surface area contributed by atoms with Crippen LogP contribution in [0.3, 0.4) is 0 Å². The Balaban J connectivity index is 2.44. The number of carbonyl (C=O) groups is 1. The van der Waals surface area contributed by atoms with E-state index in [1.165, 1.54) is 18.9 Å². The average molecular weight is 209 g/mol. The summed E-state index contributed by atoms with van der Waals surface area (Å²) in [6.45, 7) is 12.2. The van der Waals surface area contributed by atoms with E-state index in [0.29, 0.717) is 5.92 Å². The first-order valence-corrected chi connectivity index (χ1v) is 5.81. The minimum Gasteiger partial charge on any atom is -0.347 e. The zero-order valence-electron chi connectivity index (χ0n) is 10.3. The van der Waals surface area contributed by atoms with E-state index in [1.54, 1.807) is 0 Å². The SMILES string of the molecule is C=CC(=O)NC(C)(C)C(C)CC1CC1C. The molecule has 86 valence electrons. The summed E-state index contributed by atoms with van der Waals surface area (Å²) in [6, 6.07) is 0. The van der Waals surface area contributed by atoms with E-state index < -0.39 is 0 Å². The number of amides is 1. The molecular formula is C13H23NO. The second kappa shape index (κ2) is 4.38. The standard InChI is InChI=1S/C13H23NO/c1-6-12(15)14-13(4,5)10(3)8-11-7-9(11)2/h6,9-11H,1,7-8H2,2-5H3,(H,14,15). The molecule has 0 saturated heterocycles. The molecule has 1 aliphatic rings. The van der Waals surface area contributed by atoms with E-state index in [1.807, 2.05) is 0 Å². The molecule has 1 aliphatic carbocycles. The summed E-state index contributed by atoms with van der Waals surface area (Å²) >= 11 is 0. The minimum atomic E-state index is -0.131. The topological polar surface area (TPSA) is 29.1 Å². The van der Waals surface area contributed by atoms with Crippen LogP contribution in [0.4, 0.5) is 0 Å². The van der Waals surface area contributed by atoms with Gasteiger partial charge in [0, 0.05) is 5.54 Å². The van der Waals surface area contributed by atoms with Gasteiger partial charge in [0.15, 0.2) is 0 Å². The van der Waals surface area contributed by atoms with Gasteiger partial charge in [-0.2, -0.15) is 0 Å². The monoisotopic (exact) mass is 209 g/mol. The number of carbonyl (C=O) groups excluding carboxylic acids is 1. The molecular weight excluding hydrogens is 186 g/mol. The molecule has 0 aliphatic heterocycles. The Morgan fingerprint density at radius 1 is 1.67 bits per heavy atom. The molecule has 1 saturated carbocycles. The Morgan fingerprint density at radius 2 is 2.20 bits per heavy atom. The van der Waals surface area contributed by atoms with Crippen molar-refractivity contribution in [2.45, 2.75) is 46.1 Å². The maximum atomic E-state index is 11.3. The molecule has 0 aromatic heterocycles. The van der Waals surface area contributed by atoms with Crippen LogP contribution in [0.5, 0.6) is 0 Å². The van der Waals surface area contributed by atoms with Gasteiger partial charge in [-0.15, -0.1) is 0 Å². The molecule has 0 radical (unpaired) electrons. The summed E-state index contributed by atoms with van der Waals surface area (Å²) in [6.07, 6.45) is 3.91. The normalized spacial score (nSPS) is 26.9. The quantitative estimate of drug-likeness (QED) is 0.693. The smallest absolute Gasteiger partial charge is 0.243 e. The fourth-order valence-electron chi connectivity index (χ4n) is 1.97. The lowest BCUT2D eigenvalue weighted by atomic mass is 9.84. The third-order valence-corrected chi connectivity index (χ3v) is 3.80. The molecule has 0 spiro atoms. The van der Waals surface area contributed by atoms with Gasteiger partial charge in [0.25, 0.3) is 0 Å². The Hall–Kier alpha value is -0.790. The van der Waals surface area contributed by atoms with Crippen molar-refractivity contribution in [2.75, 3.05) is 0 Å². The summed E-state index contributed by atoms with van der Waals surface area (Å²) in [7, 11) is 0. The van der Waals surface area contributed by atoms with Crippen LogP contribution in [0.25, 0.3) is 0 Å². The fraction of sp³-hybridized carbons (Fsp3) is 0.769. The van der Waals surface area contributed by atoms with Gasteiger partial charge in [0.1, 0.15) is 0 Å². The van der Waals surface area contributed by atoms with Gasteiger partial charge < -0.3 is 5.32 Å². The molecule has 2 heteroatoms. The summed E-state index contributed by atoms with van der Waals surface area (Å²) in [5.41, 5.74) is -0.131. The Kier molecular flexibility index (Phi) is 3.58. The molecule has 3 unspecified atom stereocenters. The molecule has 0 aromatic rings. The number of hydrogen-bond donors (Lipinski definition) is 1. The Labute approximate surface area is 93.1 Å². The molecule has 1 N–H and O–H groups in total. The number of hydrogen-bond acceptors (Lipinski definition) is 1. The first-order valence-electron chi connectivity index (χ1n) is 5.81. The van der Waals surface area contributed by atoms with E-state index >= 15 is 0 Å². The summed E-state index contributed by atoms with van der Waals surface area (Å²) in [4.78, 5) is 11.3. The van der Waals surface area contributed by atoms with E-state index in [2.05, 4.69) is 39.6 Å². The lowest BCUT2D eigenvalue weighted by Crippen LogP contribution is -2.47.